The highest BCUT2D eigenvalue weighted by atomic mass is 32.1. The molecule has 0 bridgehead atoms. The number of urea groups is 1. The van der Waals surface area contributed by atoms with Crippen LogP contribution in [0.3, 0.4) is 0 Å². The van der Waals surface area contributed by atoms with E-state index in [0.29, 0.717) is 56.1 Å². The van der Waals surface area contributed by atoms with Crippen LogP contribution in [-0.2, 0) is 0 Å². The number of carbonyl (C=O) groups is 1. The average molecular weight is 1060 g/mol. The lowest BCUT2D eigenvalue weighted by atomic mass is 10.1. The third-order valence-electron chi connectivity index (χ3n) is 11.2. The van der Waals surface area contributed by atoms with E-state index < -0.39 is 18.8 Å². The first-order valence-corrected chi connectivity index (χ1v) is 23.1. The Bertz CT molecular complexity index is 3470. The minimum Gasteiger partial charge on any atom is -0.406 e. The van der Waals surface area contributed by atoms with Crippen molar-refractivity contribution in [3.8, 4) is 45.6 Å². The van der Waals surface area contributed by atoms with Gasteiger partial charge in [-0.3, -0.25) is 5.32 Å². The molecule has 0 fully saturated rings. The molecule has 4 N–H and O–H groups in total. The highest BCUT2D eigenvalue weighted by Crippen LogP contribution is 2.28. The van der Waals surface area contributed by atoms with Gasteiger partial charge in [0.1, 0.15) is 24.2 Å². The van der Waals surface area contributed by atoms with Crippen LogP contribution in [0.1, 0.15) is 22.3 Å². The molecule has 4 heterocycles. The van der Waals surface area contributed by atoms with E-state index >= 15 is 0 Å². The molecule has 0 atom stereocenters. The Balaban J connectivity index is 0.000000186. The van der Waals surface area contributed by atoms with Crippen molar-refractivity contribution in [3.05, 3.63) is 169 Å². The number of rotatable bonds is 10. The molecule has 0 unspecified atom stereocenters. The molecule has 0 saturated heterocycles. The molecule has 0 saturated carbocycles. The number of para-hydroxylation sites is 2. The van der Waals surface area contributed by atoms with Crippen molar-refractivity contribution < 1.29 is 40.6 Å². The maximum absolute atomic E-state index is 12.5. The van der Waals surface area contributed by atoms with Gasteiger partial charge in [-0.05, 0) is 147 Å². The summed E-state index contributed by atoms with van der Waals surface area (Å²) in [6.07, 6.45) is -3.32. The lowest BCUT2D eigenvalue weighted by molar-refractivity contribution is -0.275. The summed E-state index contributed by atoms with van der Waals surface area (Å²) in [5, 5.41) is 22.4. The van der Waals surface area contributed by atoms with Crippen LogP contribution >= 0.6 is 12.2 Å². The van der Waals surface area contributed by atoms with Gasteiger partial charge in [0, 0.05) is 45.7 Å². The number of hydrogen-bond acceptors (Lipinski definition) is 12. The standard InChI is InChI=1S/C26H20F3N7O2.C26H20F3N7OS/c1-15-4-3-5-16(2)22(15)33-25(37)34-24-30-13-18-12-17(6-11-21(18)32-24)23-31-14-36(35-23)19-7-9-20(10-8-19)38-26(27,28)29;1-15-4-3-5-16(2)22(15)33-25(38)34-24-30-13-18-12-17(6-11-21(18)32-24)23-31-14-36(35-23)19-7-9-20(10-8-19)37-26(27,28)29/h3-14H,1-2H3,(H2,30,32,33,34,37);3-14H,1-2H3,(H2,30,32,33,34,38). The number of carbonyl (C=O) groups excluding carboxylic acids is 1. The molecule has 384 valence electrons. The van der Waals surface area contributed by atoms with E-state index in [1.165, 1.54) is 70.5 Å². The summed E-state index contributed by atoms with van der Waals surface area (Å²) in [4.78, 5) is 38.6. The molecule has 0 radical (unpaired) electrons. The number of anilines is 4. The van der Waals surface area contributed by atoms with E-state index in [-0.39, 0.29) is 17.4 Å². The number of nitrogens with one attached hydrogen (secondary N) is 4. The van der Waals surface area contributed by atoms with Crippen molar-refractivity contribution in [2.45, 2.75) is 40.4 Å². The van der Waals surface area contributed by atoms with Crippen molar-refractivity contribution in [2.75, 3.05) is 21.3 Å². The highest BCUT2D eigenvalue weighted by molar-refractivity contribution is 7.80. The molecule has 4 aromatic heterocycles. The number of fused-ring (bicyclic) bond motifs is 2. The van der Waals surface area contributed by atoms with E-state index in [0.717, 1.165) is 44.6 Å². The number of benzene rings is 6. The first-order valence-electron chi connectivity index (χ1n) is 22.7. The molecule has 0 aliphatic heterocycles. The fourth-order valence-corrected chi connectivity index (χ4v) is 7.82. The van der Waals surface area contributed by atoms with E-state index in [4.69, 9.17) is 12.2 Å². The summed E-state index contributed by atoms with van der Waals surface area (Å²) >= 11 is 5.44. The first-order chi connectivity index (χ1) is 36.3. The van der Waals surface area contributed by atoms with Gasteiger partial charge in [0.2, 0.25) is 11.9 Å². The number of alkyl halides is 6. The molecule has 6 aromatic carbocycles. The molecule has 10 rings (SSSR count). The third-order valence-corrected chi connectivity index (χ3v) is 11.4. The fraction of sp³-hybridized carbons (Fsp3) is 0.115. The minimum absolute atomic E-state index is 0.148. The molecular formula is C52H40F6N14O3S. The zero-order valence-corrected chi connectivity index (χ0v) is 41.0. The van der Waals surface area contributed by atoms with E-state index in [1.54, 1.807) is 30.6 Å². The van der Waals surface area contributed by atoms with E-state index in [9.17, 15) is 31.1 Å². The predicted octanol–water partition coefficient (Wildman–Crippen LogP) is 12.2. The second-order valence-corrected chi connectivity index (χ2v) is 17.1. The van der Waals surface area contributed by atoms with Crippen molar-refractivity contribution in [1.82, 2.24) is 49.5 Å². The van der Waals surface area contributed by atoms with Crippen LogP contribution < -0.4 is 30.7 Å². The number of thiocarbonyl (C=S) groups is 1. The van der Waals surface area contributed by atoms with Crippen LogP contribution in [0.2, 0.25) is 0 Å². The maximum Gasteiger partial charge on any atom is 0.573 e. The zero-order chi connectivity index (χ0) is 53.7. The number of halogens is 6. The molecule has 2 amide bonds. The summed E-state index contributed by atoms with van der Waals surface area (Å²) in [5.74, 6) is 0.699. The molecule has 24 heteroatoms. The van der Waals surface area contributed by atoms with E-state index in [2.05, 4.69) is 70.8 Å². The van der Waals surface area contributed by atoms with Gasteiger partial charge < -0.3 is 25.4 Å². The number of aromatic nitrogens is 10. The Morgan fingerprint density at radius 3 is 1.34 bits per heavy atom. The summed E-state index contributed by atoms with van der Waals surface area (Å²) in [6.45, 7) is 7.83. The topological polar surface area (TPSA) is 197 Å². The number of hydrogen-bond donors (Lipinski definition) is 4. The van der Waals surface area contributed by atoms with E-state index in [1.807, 2.05) is 82.3 Å². The second-order valence-electron chi connectivity index (χ2n) is 16.7. The Morgan fingerprint density at radius 2 is 0.921 bits per heavy atom. The van der Waals surface area contributed by atoms with Gasteiger partial charge in [-0.2, -0.15) is 0 Å². The van der Waals surface area contributed by atoms with Gasteiger partial charge in [0.15, 0.2) is 16.8 Å². The number of aryl methyl sites for hydroxylation is 4. The van der Waals surface area contributed by atoms with Gasteiger partial charge in [0.25, 0.3) is 0 Å². The maximum atomic E-state index is 12.5. The predicted molar refractivity (Wildman–Crippen MR) is 277 cm³/mol. The van der Waals surface area contributed by atoms with Gasteiger partial charge >= 0.3 is 18.8 Å². The third kappa shape index (κ3) is 12.8. The van der Waals surface area contributed by atoms with Crippen molar-refractivity contribution >= 4 is 68.4 Å². The van der Waals surface area contributed by atoms with Crippen LogP contribution in [0.15, 0.2) is 146 Å². The monoisotopic (exact) mass is 1050 g/mol. The summed E-state index contributed by atoms with van der Waals surface area (Å²) in [5.41, 5.74) is 9.45. The van der Waals surface area contributed by atoms with Crippen LogP contribution in [0.5, 0.6) is 11.5 Å². The van der Waals surface area contributed by atoms with Gasteiger partial charge in [-0.15, -0.1) is 36.5 Å². The molecule has 10 aromatic rings. The Hall–Kier alpha value is -9.58. The summed E-state index contributed by atoms with van der Waals surface area (Å²) in [7, 11) is 0. The molecular weight excluding hydrogens is 1010 g/mol. The Labute approximate surface area is 433 Å². The van der Waals surface area contributed by atoms with Crippen LogP contribution in [0, 0.1) is 27.7 Å². The molecule has 0 aliphatic rings. The van der Waals surface area contributed by atoms with Crippen LogP contribution in [-0.4, -0.2) is 73.3 Å². The largest absolute Gasteiger partial charge is 0.573 e. The summed E-state index contributed by atoms with van der Waals surface area (Å²) in [6, 6.07) is 32.8. The van der Waals surface area contributed by atoms with Crippen molar-refractivity contribution in [3.63, 3.8) is 0 Å². The molecule has 0 aliphatic carbocycles. The molecule has 17 nitrogen and oxygen atoms in total. The quantitative estimate of drug-likeness (QED) is 0.0745. The minimum atomic E-state index is -4.76. The fourth-order valence-electron chi connectivity index (χ4n) is 7.62. The van der Waals surface area contributed by atoms with Gasteiger partial charge in [-0.25, -0.2) is 44.1 Å². The van der Waals surface area contributed by atoms with Crippen LogP contribution in [0.25, 0.3) is 56.0 Å². The zero-order valence-electron chi connectivity index (χ0n) is 40.2. The number of amides is 2. The smallest absolute Gasteiger partial charge is 0.406 e. The molecule has 0 spiro atoms. The molecule has 76 heavy (non-hydrogen) atoms. The van der Waals surface area contributed by atoms with Gasteiger partial charge in [-0.1, -0.05) is 36.4 Å². The van der Waals surface area contributed by atoms with Crippen LogP contribution in [0.4, 0.5) is 54.4 Å². The van der Waals surface area contributed by atoms with Crippen molar-refractivity contribution in [1.29, 1.82) is 0 Å². The number of nitrogens with zero attached hydrogens (tertiary/aromatic N) is 10. The second kappa shape index (κ2) is 21.5. The SMILES string of the molecule is Cc1cccc(C)c1NC(=O)Nc1ncc2cc(-c3ncn(-c4ccc(OC(F)(F)F)cc4)n3)ccc2n1.Cc1cccc(C)c1NC(=S)Nc1ncc2cc(-c3ncn(-c4ccc(OC(F)(F)F)cc4)n3)ccc2n1. The lowest BCUT2D eigenvalue weighted by Gasteiger charge is -2.14. The first kappa shape index (κ1) is 51.3. The summed E-state index contributed by atoms with van der Waals surface area (Å²) < 4.78 is 85.0. The van der Waals surface area contributed by atoms with Gasteiger partial charge in [0.05, 0.1) is 22.4 Å². The highest BCUT2D eigenvalue weighted by Gasteiger charge is 2.32. The van der Waals surface area contributed by atoms with Crippen molar-refractivity contribution in [2.24, 2.45) is 0 Å². The normalized spacial score (nSPS) is 11.4. The Morgan fingerprint density at radius 1 is 0.513 bits per heavy atom. The average Bonchev–Trinajstić information content (AvgIpc) is 4.08. The number of ether oxygens (including phenoxy) is 2. The Kier molecular flexibility index (Phi) is 14.5. The lowest BCUT2D eigenvalue weighted by Crippen LogP contribution is -2.21.